The van der Waals surface area contributed by atoms with Crippen LogP contribution in [0.2, 0.25) is 0 Å². The molecule has 0 spiro atoms. The van der Waals surface area contributed by atoms with Gasteiger partial charge in [0.05, 0.1) is 24.8 Å². The lowest BCUT2D eigenvalue weighted by molar-refractivity contribution is -0.128. The van der Waals surface area contributed by atoms with Crippen LogP contribution in [0.1, 0.15) is 74.2 Å². The number of rotatable bonds is 10. The summed E-state index contributed by atoms with van der Waals surface area (Å²) in [4.78, 5) is 25.9. The number of hydrogen-bond acceptors (Lipinski definition) is 4. The molecule has 1 heterocycles. The highest BCUT2D eigenvalue weighted by molar-refractivity contribution is 5.89. The van der Waals surface area contributed by atoms with Gasteiger partial charge in [-0.2, -0.15) is 0 Å². The molecule has 1 N–H and O–H groups in total. The number of likely N-dealkylation sites (tertiary alicyclic amines) is 1. The number of aliphatic hydroxyl groups is 1. The van der Waals surface area contributed by atoms with Crippen molar-refractivity contribution in [1.29, 1.82) is 0 Å². The van der Waals surface area contributed by atoms with E-state index in [1.165, 1.54) is 13.5 Å². The number of ether oxygens (including phenoxy) is 1. The largest absolute Gasteiger partial charge is 0.465 e. The van der Waals surface area contributed by atoms with Gasteiger partial charge < -0.3 is 14.7 Å². The van der Waals surface area contributed by atoms with Gasteiger partial charge in [0.15, 0.2) is 0 Å². The Kier molecular flexibility index (Phi) is 7.70. The van der Waals surface area contributed by atoms with E-state index in [4.69, 9.17) is 4.74 Å². The predicted octanol–water partition coefficient (Wildman–Crippen LogP) is 4.28. The normalized spacial score (nSPS) is 21.6. The van der Waals surface area contributed by atoms with Crippen molar-refractivity contribution in [2.24, 2.45) is 5.41 Å². The smallest absolute Gasteiger partial charge is 0.337 e. The Bertz CT molecular complexity index is 751. The summed E-state index contributed by atoms with van der Waals surface area (Å²) in [5, 5.41) is 10.8. The third kappa shape index (κ3) is 5.12. The summed E-state index contributed by atoms with van der Waals surface area (Å²) in [6, 6.07) is 7.40. The zero-order chi connectivity index (χ0) is 21.6. The average molecular weight is 414 g/mol. The van der Waals surface area contributed by atoms with Gasteiger partial charge in [0.1, 0.15) is 0 Å². The average Bonchev–Trinajstić information content (AvgIpc) is 3.09. The highest BCUT2D eigenvalue weighted by atomic mass is 16.5. The van der Waals surface area contributed by atoms with Crippen LogP contribution in [-0.2, 0) is 16.0 Å². The quantitative estimate of drug-likeness (QED) is 0.459. The lowest BCUT2D eigenvalue weighted by Gasteiger charge is -2.45. The molecule has 164 valence electrons. The fourth-order valence-electron chi connectivity index (χ4n) is 4.71. The van der Waals surface area contributed by atoms with Crippen molar-refractivity contribution in [3.05, 3.63) is 47.5 Å². The van der Waals surface area contributed by atoms with Gasteiger partial charge in [0, 0.05) is 13.0 Å². The summed E-state index contributed by atoms with van der Waals surface area (Å²) in [5.74, 6) is -0.169. The number of methoxy groups -OCH3 is 1. The molecule has 5 nitrogen and oxygen atoms in total. The summed E-state index contributed by atoms with van der Waals surface area (Å²) in [6.45, 7) is 2.84. The first-order chi connectivity index (χ1) is 14.5. The van der Waals surface area contributed by atoms with E-state index in [1.807, 2.05) is 23.1 Å². The molecule has 1 aromatic rings. The number of carbonyl (C=O) groups excluding carboxylic acids is 2. The second kappa shape index (κ2) is 10.3. The van der Waals surface area contributed by atoms with E-state index in [0.717, 1.165) is 50.5 Å². The van der Waals surface area contributed by atoms with Crippen LogP contribution in [0.5, 0.6) is 0 Å². The van der Waals surface area contributed by atoms with Crippen LogP contribution in [0.15, 0.2) is 36.4 Å². The van der Waals surface area contributed by atoms with Crippen LogP contribution in [0, 0.1) is 5.41 Å². The standard InChI is InChI=1S/C25H35NO4/c1-3-4-15-25(16-5-17-25)22(27)12-10-21-11-13-23(28)26(21)18-14-19-6-8-20(9-7-19)24(29)30-2/h6-10,12,21-22,27H,3-5,11,13-18H2,1-2H3/b12-10+/t21-,22?/m0/s1. The first kappa shape index (κ1) is 22.5. The lowest BCUT2D eigenvalue weighted by Crippen LogP contribution is -2.40. The topological polar surface area (TPSA) is 66.8 Å². The van der Waals surface area contributed by atoms with Crippen molar-refractivity contribution in [1.82, 2.24) is 4.90 Å². The maximum Gasteiger partial charge on any atom is 0.337 e. The lowest BCUT2D eigenvalue weighted by atomic mass is 9.62. The monoisotopic (exact) mass is 413 g/mol. The molecule has 5 heteroatoms. The zero-order valence-electron chi connectivity index (χ0n) is 18.3. The maximum absolute atomic E-state index is 12.4. The molecule has 1 amide bonds. The molecule has 1 unspecified atom stereocenters. The molecule has 1 aliphatic heterocycles. The third-order valence-corrected chi connectivity index (χ3v) is 6.91. The van der Waals surface area contributed by atoms with Crippen molar-refractivity contribution < 1.29 is 19.4 Å². The fourth-order valence-corrected chi connectivity index (χ4v) is 4.71. The van der Waals surface area contributed by atoms with E-state index in [0.29, 0.717) is 18.5 Å². The number of unbranched alkanes of at least 4 members (excludes halogenated alkanes) is 1. The van der Waals surface area contributed by atoms with Gasteiger partial charge in [-0.05, 0) is 55.2 Å². The highest BCUT2D eigenvalue weighted by Gasteiger charge is 2.41. The van der Waals surface area contributed by atoms with Gasteiger partial charge in [-0.15, -0.1) is 0 Å². The van der Waals surface area contributed by atoms with E-state index in [-0.39, 0.29) is 23.3 Å². The van der Waals surface area contributed by atoms with Crippen LogP contribution in [0.3, 0.4) is 0 Å². The minimum Gasteiger partial charge on any atom is -0.465 e. The van der Waals surface area contributed by atoms with Crippen molar-refractivity contribution >= 4 is 11.9 Å². The van der Waals surface area contributed by atoms with E-state index >= 15 is 0 Å². The second-order valence-electron chi connectivity index (χ2n) is 8.78. The van der Waals surface area contributed by atoms with Crippen molar-refractivity contribution in [3.8, 4) is 0 Å². The molecular weight excluding hydrogens is 378 g/mol. The number of esters is 1. The number of aliphatic hydroxyl groups excluding tert-OH is 1. The van der Waals surface area contributed by atoms with Crippen LogP contribution >= 0.6 is 0 Å². The molecule has 1 saturated carbocycles. The maximum atomic E-state index is 12.4. The van der Waals surface area contributed by atoms with E-state index in [2.05, 4.69) is 13.0 Å². The summed E-state index contributed by atoms with van der Waals surface area (Å²) in [5.41, 5.74) is 1.67. The van der Waals surface area contributed by atoms with Crippen molar-refractivity contribution in [2.75, 3.05) is 13.7 Å². The molecule has 2 fully saturated rings. The minimum absolute atomic E-state index is 0.0569. The van der Waals surface area contributed by atoms with E-state index < -0.39 is 6.10 Å². The van der Waals surface area contributed by atoms with Gasteiger partial charge in [0.25, 0.3) is 0 Å². The van der Waals surface area contributed by atoms with Gasteiger partial charge in [-0.25, -0.2) is 4.79 Å². The summed E-state index contributed by atoms with van der Waals surface area (Å²) in [7, 11) is 1.37. The molecule has 0 radical (unpaired) electrons. The van der Waals surface area contributed by atoms with Gasteiger partial charge in [-0.3, -0.25) is 4.79 Å². The van der Waals surface area contributed by atoms with Crippen LogP contribution < -0.4 is 0 Å². The van der Waals surface area contributed by atoms with Gasteiger partial charge in [-0.1, -0.05) is 50.5 Å². The van der Waals surface area contributed by atoms with Crippen molar-refractivity contribution in [2.45, 2.75) is 76.9 Å². The van der Waals surface area contributed by atoms with Gasteiger partial charge in [0.2, 0.25) is 5.91 Å². The van der Waals surface area contributed by atoms with E-state index in [9.17, 15) is 14.7 Å². The number of carbonyl (C=O) groups is 2. The molecular formula is C25H35NO4. The molecule has 1 aliphatic carbocycles. The Morgan fingerprint density at radius 3 is 2.67 bits per heavy atom. The number of nitrogens with zero attached hydrogens (tertiary/aromatic N) is 1. The first-order valence-corrected chi connectivity index (χ1v) is 11.3. The van der Waals surface area contributed by atoms with Crippen LogP contribution in [-0.4, -0.2) is 47.7 Å². The second-order valence-corrected chi connectivity index (χ2v) is 8.78. The third-order valence-electron chi connectivity index (χ3n) is 6.91. The molecule has 2 aliphatic rings. The summed E-state index contributed by atoms with van der Waals surface area (Å²) < 4.78 is 4.73. The Balaban J connectivity index is 1.57. The number of amides is 1. The van der Waals surface area contributed by atoms with Crippen molar-refractivity contribution in [3.63, 3.8) is 0 Å². The minimum atomic E-state index is -0.416. The molecule has 0 bridgehead atoms. The predicted molar refractivity (Wildman–Crippen MR) is 117 cm³/mol. The number of benzene rings is 1. The fraction of sp³-hybridized carbons (Fsp3) is 0.600. The number of hydrogen-bond donors (Lipinski definition) is 1. The van der Waals surface area contributed by atoms with Crippen LogP contribution in [0.25, 0.3) is 0 Å². The molecule has 1 aromatic carbocycles. The molecule has 2 atom stereocenters. The Hall–Kier alpha value is -2.14. The first-order valence-electron chi connectivity index (χ1n) is 11.3. The molecule has 30 heavy (non-hydrogen) atoms. The Morgan fingerprint density at radius 2 is 2.07 bits per heavy atom. The molecule has 1 saturated heterocycles. The highest BCUT2D eigenvalue weighted by Crippen LogP contribution is 2.48. The van der Waals surface area contributed by atoms with E-state index in [1.54, 1.807) is 12.1 Å². The van der Waals surface area contributed by atoms with Crippen LogP contribution in [0.4, 0.5) is 0 Å². The summed E-state index contributed by atoms with van der Waals surface area (Å²) >= 11 is 0. The Labute approximate surface area is 180 Å². The zero-order valence-corrected chi connectivity index (χ0v) is 18.3. The molecule has 0 aromatic heterocycles. The Morgan fingerprint density at radius 1 is 1.33 bits per heavy atom. The molecule has 3 rings (SSSR count). The SMILES string of the molecule is CCCCC1(C(O)/C=C/[C@H]2CCC(=O)N2CCc2ccc(C(=O)OC)cc2)CCC1. The summed E-state index contributed by atoms with van der Waals surface area (Å²) in [6.07, 6.45) is 12.5. The van der Waals surface area contributed by atoms with Gasteiger partial charge >= 0.3 is 5.97 Å².